The molecule has 274 valence electrons. The van der Waals surface area contributed by atoms with Crippen LogP contribution in [0.3, 0.4) is 0 Å². The van der Waals surface area contributed by atoms with Gasteiger partial charge in [-0.3, -0.25) is 4.90 Å². The van der Waals surface area contributed by atoms with Gasteiger partial charge in [-0.15, -0.1) is 0 Å². The highest BCUT2D eigenvalue weighted by molar-refractivity contribution is 6.30. The summed E-state index contributed by atoms with van der Waals surface area (Å²) in [5.74, 6) is 5.71. The first-order valence-electron chi connectivity index (χ1n) is 19.7. The van der Waals surface area contributed by atoms with Crippen molar-refractivity contribution in [1.82, 2.24) is 9.80 Å². The van der Waals surface area contributed by atoms with Crippen molar-refractivity contribution in [3.8, 4) is 22.6 Å². The number of likely N-dealkylation sites (tertiary alicyclic amines) is 2. The Morgan fingerprint density at radius 2 is 1.27 bits per heavy atom. The van der Waals surface area contributed by atoms with Gasteiger partial charge < -0.3 is 14.4 Å². The molecule has 6 atom stereocenters. The lowest BCUT2D eigenvalue weighted by Gasteiger charge is -2.42. The molecule has 0 N–H and O–H groups in total. The number of ether oxygens (including phenoxy) is 2. The quantitative estimate of drug-likeness (QED) is 0.243. The number of halogens is 3. The van der Waals surface area contributed by atoms with E-state index in [1.54, 1.807) is 44.6 Å². The van der Waals surface area contributed by atoms with Crippen LogP contribution in [0, 0.1) is 29.5 Å². The predicted molar refractivity (Wildman–Crippen MR) is 202 cm³/mol. The molecular weight excluding hydrogens is 662 g/mol. The van der Waals surface area contributed by atoms with Crippen LogP contribution in [0.2, 0.25) is 5.02 Å². The molecular formula is C44H55ClF2N2O2. The maximum Gasteiger partial charge on any atom is 0.142 e. The first-order valence-corrected chi connectivity index (χ1v) is 20.1. The molecule has 2 saturated heterocycles. The number of hydrogen-bond donors (Lipinski definition) is 0. The van der Waals surface area contributed by atoms with Gasteiger partial charge in [0, 0.05) is 35.8 Å². The third-order valence-electron chi connectivity index (χ3n) is 13.9. The van der Waals surface area contributed by atoms with E-state index in [0.29, 0.717) is 41.1 Å². The zero-order valence-corrected chi connectivity index (χ0v) is 31.2. The van der Waals surface area contributed by atoms with E-state index in [4.69, 9.17) is 21.1 Å². The zero-order chi connectivity index (χ0) is 35.1. The average Bonchev–Trinajstić information content (AvgIpc) is 3.99. The van der Waals surface area contributed by atoms with Crippen molar-refractivity contribution in [2.24, 2.45) is 23.7 Å². The van der Waals surface area contributed by atoms with Crippen molar-refractivity contribution in [1.29, 1.82) is 0 Å². The monoisotopic (exact) mass is 716 g/mol. The molecule has 4 aliphatic carbocycles. The molecule has 51 heavy (non-hydrogen) atoms. The number of piperidine rings is 2. The second-order valence-corrected chi connectivity index (χ2v) is 17.0. The van der Waals surface area contributed by atoms with Gasteiger partial charge in [-0.2, -0.15) is 0 Å². The van der Waals surface area contributed by atoms with E-state index in [1.807, 2.05) is 12.1 Å². The Balaban J connectivity index is 0.000000150. The molecule has 6 fully saturated rings. The zero-order valence-electron chi connectivity index (χ0n) is 30.5. The van der Waals surface area contributed by atoms with Gasteiger partial charge in [-0.1, -0.05) is 42.6 Å². The van der Waals surface area contributed by atoms with Crippen LogP contribution >= 0.6 is 11.6 Å². The average molecular weight is 717 g/mol. The van der Waals surface area contributed by atoms with E-state index >= 15 is 4.39 Å². The predicted octanol–water partition coefficient (Wildman–Crippen LogP) is 10.7. The van der Waals surface area contributed by atoms with Crippen LogP contribution in [0.1, 0.15) is 94.1 Å². The van der Waals surface area contributed by atoms with E-state index in [2.05, 4.69) is 21.9 Å². The Hall–Kier alpha value is -2.67. The van der Waals surface area contributed by atoms with Crippen LogP contribution in [-0.2, 0) is 5.67 Å². The Bertz CT molecular complexity index is 1670. The van der Waals surface area contributed by atoms with Gasteiger partial charge in [-0.05, 0) is 166 Å². The summed E-state index contributed by atoms with van der Waals surface area (Å²) in [4.78, 5) is 5.34. The van der Waals surface area contributed by atoms with Crippen molar-refractivity contribution in [2.45, 2.75) is 101 Å². The third-order valence-corrected chi connectivity index (χ3v) is 14.2. The summed E-state index contributed by atoms with van der Waals surface area (Å²) in [6.45, 7) is 4.10. The molecule has 0 radical (unpaired) electrons. The maximum atomic E-state index is 15.6. The Kier molecular flexibility index (Phi) is 10.4. The summed E-state index contributed by atoms with van der Waals surface area (Å²) in [6, 6.07) is 20.0. The normalized spacial score (nSPS) is 30.3. The number of rotatable bonds is 7. The fraction of sp³-hybridized carbons (Fsp3) is 0.591. The molecule has 2 heterocycles. The molecule has 0 spiro atoms. The highest BCUT2D eigenvalue weighted by atomic mass is 35.5. The lowest BCUT2D eigenvalue weighted by Crippen LogP contribution is -2.47. The lowest BCUT2D eigenvalue weighted by molar-refractivity contribution is 0.0210. The summed E-state index contributed by atoms with van der Waals surface area (Å²) in [5.41, 5.74) is 2.61. The third kappa shape index (κ3) is 7.31. The topological polar surface area (TPSA) is 24.9 Å². The van der Waals surface area contributed by atoms with Crippen LogP contribution in [0.4, 0.5) is 8.78 Å². The van der Waals surface area contributed by atoms with Gasteiger partial charge in [0.05, 0.1) is 14.2 Å². The number of benzene rings is 3. The molecule has 6 aliphatic rings. The highest BCUT2D eigenvalue weighted by Gasteiger charge is 2.46. The SMILES string of the molecule is COc1ccc(-c2cccc(F)c2)cc1C1CCN([C@H]2C[C@H]3CC[C@H]2C3)CC1.COc1ccc(Cl)cc1C1(F)CCN([C@H]2C[C@H]3CC[C@H]2C3)CC1. The first kappa shape index (κ1) is 35.4. The van der Waals surface area contributed by atoms with Gasteiger partial charge in [0.1, 0.15) is 23.0 Å². The lowest BCUT2D eigenvalue weighted by atomic mass is 9.83. The Labute approximate surface area is 308 Å². The van der Waals surface area contributed by atoms with Crippen molar-refractivity contribution in [2.75, 3.05) is 40.4 Å². The molecule has 9 rings (SSSR count). The summed E-state index contributed by atoms with van der Waals surface area (Å²) in [7, 11) is 3.35. The van der Waals surface area contributed by atoms with E-state index in [9.17, 15) is 4.39 Å². The molecule has 4 saturated carbocycles. The van der Waals surface area contributed by atoms with Crippen LogP contribution in [-0.4, -0.2) is 62.3 Å². The van der Waals surface area contributed by atoms with Crippen LogP contribution in [0.5, 0.6) is 11.5 Å². The molecule has 0 aromatic heterocycles. The molecule has 3 aromatic carbocycles. The maximum absolute atomic E-state index is 15.6. The van der Waals surface area contributed by atoms with Crippen LogP contribution in [0.25, 0.3) is 11.1 Å². The van der Waals surface area contributed by atoms with Crippen LogP contribution < -0.4 is 9.47 Å². The van der Waals surface area contributed by atoms with E-state index in [1.165, 1.54) is 88.9 Å². The minimum atomic E-state index is -1.32. The summed E-state index contributed by atoms with van der Waals surface area (Å²) >= 11 is 6.10. The fourth-order valence-corrected chi connectivity index (χ4v) is 11.4. The number of alkyl halides is 1. The highest BCUT2D eigenvalue weighted by Crippen LogP contribution is 2.50. The number of methoxy groups -OCH3 is 2. The van der Waals surface area contributed by atoms with E-state index in [-0.39, 0.29) is 5.82 Å². The number of nitrogens with zero attached hydrogens (tertiary/aromatic N) is 2. The second-order valence-electron chi connectivity index (χ2n) is 16.6. The molecule has 4 nitrogen and oxygen atoms in total. The molecule has 0 unspecified atom stereocenters. The molecule has 2 aliphatic heterocycles. The van der Waals surface area contributed by atoms with Gasteiger partial charge >= 0.3 is 0 Å². The van der Waals surface area contributed by atoms with Crippen molar-refractivity contribution < 1.29 is 18.3 Å². The standard InChI is InChI=1S/C25H30FNO.C19H25ClFNO/c1-28-25-8-7-20(19-3-2-4-22(26)15-19)16-23(25)18-9-11-27(12-10-18)24-14-17-5-6-21(24)13-17;1-23-18-5-4-15(20)12-16(18)19(21)6-8-22(9-7-19)17-11-13-2-3-14(17)10-13/h2-4,7-8,15-18,21,24H,5-6,9-14H2,1H3;4-5,12-14,17H,2-3,6-11H2,1H3/t17-,21-,24-;13-,14-,17-/m00/s1. The summed E-state index contributed by atoms with van der Waals surface area (Å²) in [5, 5.41) is 0.577. The van der Waals surface area contributed by atoms with E-state index in [0.717, 1.165) is 59.7 Å². The smallest absolute Gasteiger partial charge is 0.142 e. The van der Waals surface area contributed by atoms with Crippen molar-refractivity contribution in [3.63, 3.8) is 0 Å². The van der Waals surface area contributed by atoms with Crippen LogP contribution in [0.15, 0.2) is 60.7 Å². The first-order chi connectivity index (χ1) is 24.8. The Morgan fingerprint density at radius 3 is 1.84 bits per heavy atom. The minimum absolute atomic E-state index is 0.186. The van der Waals surface area contributed by atoms with Gasteiger partial charge in [-0.25, -0.2) is 8.78 Å². The van der Waals surface area contributed by atoms with Crippen molar-refractivity contribution >= 4 is 11.6 Å². The Morgan fingerprint density at radius 1 is 0.667 bits per heavy atom. The molecule has 0 amide bonds. The van der Waals surface area contributed by atoms with Crippen molar-refractivity contribution in [3.05, 3.63) is 82.6 Å². The molecule has 4 bridgehead atoms. The summed E-state index contributed by atoms with van der Waals surface area (Å²) < 4.78 is 40.4. The van der Waals surface area contributed by atoms with E-state index < -0.39 is 5.67 Å². The minimum Gasteiger partial charge on any atom is -0.496 e. The molecule has 3 aromatic rings. The largest absolute Gasteiger partial charge is 0.496 e. The fourth-order valence-electron chi connectivity index (χ4n) is 11.3. The number of hydrogen-bond acceptors (Lipinski definition) is 4. The van der Waals surface area contributed by atoms with Gasteiger partial charge in [0.2, 0.25) is 0 Å². The van der Waals surface area contributed by atoms with Gasteiger partial charge in [0.25, 0.3) is 0 Å². The second kappa shape index (κ2) is 15.0. The number of fused-ring (bicyclic) bond motifs is 4. The summed E-state index contributed by atoms with van der Waals surface area (Å²) in [6.07, 6.45) is 14.9. The molecule has 7 heteroatoms. The van der Waals surface area contributed by atoms with Gasteiger partial charge in [0.15, 0.2) is 0 Å².